The molecule has 0 saturated carbocycles. The second-order valence-corrected chi connectivity index (χ2v) is 3.25. The van der Waals surface area contributed by atoms with E-state index in [1.807, 2.05) is 0 Å². The maximum absolute atomic E-state index is 10.3. The summed E-state index contributed by atoms with van der Waals surface area (Å²) >= 11 is 0. The van der Waals surface area contributed by atoms with Crippen LogP contribution in [0.3, 0.4) is 0 Å². The van der Waals surface area contributed by atoms with Crippen molar-refractivity contribution in [3.8, 4) is 0 Å². The molecule has 0 aliphatic heterocycles. The highest BCUT2D eigenvalue weighted by atomic mass is 16.4. The monoisotopic (exact) mass is 205 g/mol. The molecule has 1 atom stereocenters. The lowest BCUT2D eigenvalue weighted by molar-refractivity contribution is -0.141. The second-order valence-electron chi connectivity index (χ2n) is 3.25. The van der Waals surface area contributed by atoms with Crippen molar-refractivity contribution < 1.29 is 15.0 Å². The minimum absolute atomic E-state index is 0.0972. The lowest BCUT2D eigenvalue weighted by atomic mass is 10.0. The summed E-state index contributed by atoms with van der Waals surface area (Å²) in [5, 5.41) is 16.2. The molecule has 0 aliphatic carbocycles. The third-order valence-corrected chi connectivity index (χ3v) is 1.79. The van der Waals surface area contributed by atoms with Gasteiger partial charge in [-0.05, 0) is 6.42 Å². The topological polar surface area (TPSA) is 83.5 Å². The summed E-state index contributed by atoms with van der Waals surface area (Å²) in [4.78, 5) is 10.3. The van der Waals surface area contributed by atoms with Crippen LogP contribution >= 0.6 is 0 Å². The van der Waals surface area contributed by atoms with Crippen LogP contribution in [-0.4, -0.2) is 29.3 Å². The van der Waals surface area contributed by atoms with Crippen molar-refractivity contribution in [2.75, 3.05) is 13.2 Å². The summed E-state index contributed by atoms with van der Waals surface area (Å²) in [6.07, 6.45) is 4.18. The van der Waals surface area contributed by atoms with Gasteiger partial charge in [0.05, 0.1) is 12.5 Å². The van der Waals surface area contributed by atoms with E-state index < -0.39 is 5.97 Å². The lowest BCUT2D eigenvalue weighted by Crippen LogP contribution is -2.08. The number of carboxylic acid groups (broad SMARTS) is 1. The minimum atomic E-state index is -0.670. The molecule has 1 unspecified atom stereocenters. The Bertz CT molecular complexity index is 127. The van der Waals surface area contributed by atoms with Crippen molar-refractivity contribution in [1.29, 1.82) is 0 Å². The van der Waals surface area contributed by atoms with Crippen LogP contribution in [0.4, 0.5) is 0 Å². The molecule has 0 aromatic rings. The van der Waals surface area contributed by atoms with E-state index in [1.165, 1.54) is 0 Å². The Labute approximate surface area is 86.1 Å². The Balaban J connectivity index is 0. The zero-order valence-electron chi connectivity index (χ0n) is 9.20. The quantitative estimate of drug-likeness (QED) is 0.569. The molecular formula is C10H23NO3. The van der Waals surface area contributed by atoms with E-state index in [-0.39, 0.29) is 12.5 Å². The predicted octanol–water partition coefficient (Wildman–Crippen LogP) is 1.22. The smallest absolute Gasteiger partial charge is 0.306 e. The normalized spacial score (nSPS) is 11.4. The van der Waals surface area contributed by atoms with Gasteiger partial charge in [0.2, 0.25) is 0 Å². The van der Waals surface area contributed by atoms with E-state index in [0.29, 0.717) is 6.54 Å². The van der Waals surface area contributed by atoms with E-state index in [1.54, 1.807) is 6.92 Å². The Morgan fingerprint density at radius 2 is 1.93 bits per heavy atom. The van der Waals surface area contributed by atoms with Crippen molar-refractivity contribution in [3.63, 3.8) is 0 Å². The molecular weight excluding hydrogens is 182 g/mol. The van der Waals surface area contributed by atoms with Crippen molar-refractivity contribution in [1.82, 2.24) is 0 Å². The first-order valence-corrected chi connectivity index (χ1v) is 5.13. The molecule has 0 amide bonds. The van der Waals surface area contributed by atoms with Crippen molar-refractivity contribution in [2.45, 2.75) is 39.5 Å². The highest BCUT2D eigenvalue weighted by molar-refractivity contribution is 5.69. The van der Waals surface area contributed by atoms with Gasteiger partial charge in [-0.3, -0.25) is 4.79 Å². The molecule has 0 aromatic heterocycles. The average Bonchev–Trinajstić information content (AvgIpc) is 2.18. The number of hydrogen-bond donors (Lipinski definition) is 3. The highest BCUT2D eigenvalue weighted by Gasteiger charge is 2.08. The van der Waals surface area contributed by atoms with Gasteiger partial charge in [0.25, 0.3) is 0 Å². The van der Waals surface area contributed by atoms with Gasteiger partial charge in [-0.15, -0.1) is 0 Å². The molecule has 4 nitrogen and oxygen atoms in total. The maximum Gasteiger partial charge on any atom is 0.306 e. The first-order chi connectivity index (χ1) is 6.59. The number of aliphatic hydroxyl groups excluding tert-OH is 1. The number of aliphatic carboxylic acids is 1. The number of carbonyl (C=O) groups is 1. The SMILES string of the molecule is CCCCCC(C)C(=O)O.NCCO. The fourth-order valence-electron chi connectivity index (χ4n) is 0.824. The number of aliphatic hydroxyl groups is 1. The predicted molar refractivity (Wildman–Crippen MR) is 57.1 cm³/mol. The third kappa shape index (κ3) is 13.9. The molecule has 0 heterocycles. The summed E-state index contributed by atoms with van der Waals surface area (Å²) in [7, 11) is 0. The maximum atomic E-state index is 10.3. The number of rotatable bonds is 6. The van der Waals surface area contributed by atoms with Gasteiger partial charge >= 0.3 is 5.97 Å². The van der Waals surface area contributed by atoms with Gasteiger partial charge in [-0.2, -0.15) is 0 Å². The van der Waals surface area contributed by atoms with Crippen LogP contribution in [0.2, 0.25) is 0 Å². The Hall–Kier alpha value is -0.610. The summed E-state index contributed by atoms with van der Waals surface area (Å²) in [5.41, 5.74) is 4.78. The largest absolute Gasteiger partial charge is 0.481 e. The van der Waals surface area contributed by atoms with Crippen LogP contribution < -0.4 is 5.73 Å². The standard InChI is InChI=1S/C8H16O2.C2H7NO/c1-3-4-5-6-7(2)8(9)10;3-1-2-4/h7H,3-6H2,1-2H3,(H,9,10);4H,1-3H2. The number of nitrogens with two attached hydrogens (primary N) is 1. The minimum Gasteiger partial charge on any atom is -0.481 e. The molecule has 0 spiro atoms. The number of carboxylic acids is 1. The van der Waals surface area contributed by atoms with Crippen LogP contribution in [0.5, 0.6) is 0 Å². The Morgan fingerprint density at radius 3 is 2.21 bits per heavy atom. The van der Waals surface area contributed by atoms with Gasteiger partial charge in [0.1, 0.15) is 0 Å². The summed E-state index contributed by atoms with van der Waals surface area (Å²) in [6.45, 7) is 4.35. The van der Waals surface area contributed by atoms with Crippen molar-refractivity contribution >= 4 is 5.97 Å². The molecule has 0 saturated heterocycles. The molecule has 4 heteroatoms. The molecule has 0 aromatic carbocycles. The van der Waals surface area contributed by atoms with E-state index >= 15 is 0 Å². The molecule has 0 radical (unpaired) electrons. The molecule has 14 heavy (non-hydrogen) atoms. The summed E-state index contributed by atoms with van der Waals surface area (Å²) in [5.74, 6) is -0.831. The van der Waals surface area contributed by atoms with Gasteiger partial charge in [0.15, 0.2) is 0 Å². The summed E-state index contributed by atoms with van der Waals surface area (Å²) in [6, 6.07) is 0. The van der Waals surface area contributed by atoms with Gasteiger partial charge in [0, 0.05) is 6.54 Å². The van der Waals surface area contributed by atoms with Gasteiger partial charge < -0.3 is 15.9 Å². The van der Waals surface area contributed by atoms with Crippen LogP contribution in [0.25, 0.3) is 0 Å². The number of hydrogen-bond acceptors (Lipinski definition) is 3. The average molecular weight is 205 g/mol. The molecule has 0 rings (SSSR count). The highest BCUT2D eigenvalue weighted by Crippen LogP contribution is 2.08. The van der Waals surface area contributed by atoms with Gasteiger partial charge in [-0.25, -0.2) is 0 Å². The molecule has 0 aliphatic rings. The van der Waals surface area contributed by atoms with Gasteiger partial charge in [-0.1, -0.05) is 33.1 Å². The number of unbranched alkanes of at least 4 members (excludes halogenated alkanes) is 2. The van der Waals surface area contributed by atoms with Crippen LogP contribution in [-0.2, 0) is 4.79 Å². The fraction of sp³-hybridized carbons (Fsp3) is 0.900. The third-order valence-electron chi connectivity index (χ3n) is 1.79. The van der Waals surface area contributed by atoms with E-state index in [0.717, 1.165) is 25.7 Å². The molecule has 0 bridgehead atoms. The Kier molecular flexibility index (Phi) is 14.0. The van der Waals surface area contributed by atoms with E-state index in [4.69, 9.17) is 15.9 Å². The summed E-state index contributed by atoms with van der Waals surface area (Å²) < 4.78 is 0. The Morgan fingerprint density at radius 1 is 1.43 bits per heavy atom. The van der Waals surface area contributed by atoms with Crippen LogP contribution in [0.15, 0.2) is 0 Å². The molecule has 0 fully saturated rings. The fourth-order valence-corrected chi connectivity index (χ4v) is 0.824. The van der Waals surface area contributed by atoms with Crippen LogP contribution in [0.1, 0.15) is 39.5 Å². The molecule has 4 N–H and O–H groups in total. The lowest BCUT2D eigenvalue weighted by Gasteiger charge is -2.03. The molecule has 86 valence electrons. The van der Waals surface area contributed by atoms with Crippen LogP contribution in [0, 0.1) is 5.92 Å². The zero-order valence-corrected chi connectivity index (χ0v) is 9.20. The van der Waals surface area contributed by atoms with E-state index in [2.05, 4.69) is 6.92 Å². The first-order valence-electron chi connectivity index (χ1n) is 5.13. The second kappa shape index (κ2) is 12.4. The first kappa shape index (κ1) is 15.8. The van der Waals surface area contributed by atoms with Crippen molar-refractivity contribution in [3.05, 3.63) is 0 Å². The van der Waals surface area contributed by atoms with E-state index in [9.17, 15) is 4.79 Å². The zero-order chi connectivity index (χ0) is 11.4. The van der Waals surface area contributed by atoms with Crippen molar-refractivity contribution in [2.24, 2.45) is 11.7 Å².